The molecule has 61 heavy (non-hydrogen) atoms. The molecule has 0 saturated heterocycles. The first-order chi connectivity index (χ1) is 29.6. The molecule has 0 fully saturated rings. The predicted octanol–water partition coefficient (Wildman–Crippen LogP) is 15.6. The van der Waals surface area contributed by atoms with E-state index in [0.717, 1.165) is 5.69 Å². The molecule has 2 nitrogen and oxygen atoms in total. The van der Waals surface area contributed by atoms with Gasteiger partial charge in [-0.25, -0.2) is 0 Å². The van der Waals surface area contributed by atoms with Gasteiger partial charge < -0.3 is 9.47 Å². The van der Waals surface area contributed by atoms with Crippen molar-refractivity contribution in [2.24, 2.45) is 0 Å². The molecule has 0 N–H and O–H groups in total. The summed E-state index contributed by atoms with van der Waals surface area (Å²) in [6, 6.07) is 74.4. The fourth-order valence-corrected chi connectivity index (χ4v) is 11.1. The lowest BCUT2D eigenvalue weighted by Gasteiger charge is -2.30. The van der Waals surface area contributed by atoms with Crippen LogP contribution in [0, 0.1) is 0 Å². The summed E-state index contributed by atoms with van der Waals surface area (Å²) in [5, 5.41) is 6.51. The maximum atomic E-state index is 2.49. The van der Waals surface area contributed by atoms with E-state index in [1.165, 1.54) is 99.3 Å². The number of hydrogen-bond donors (Lipinski definition) is 0. The van der Waals surface area contributed by atoms with Crippen molar-refractivity contribution >= 4 is 62.9 Å². The molecule has 3 heteroatoms. The number of aromatic nitrogens is 1. The molecule has 9 aromatic carbocycles. The lowest BCUT2D eigenvalue weighted by Crippen LogP contribution is -2.37. The lowest BCUT2D eigenvalue weighted by atomic mass is 9.81. The Bertz CT molecular complexity index is 3190. The second-order valence-corrected chi connectivity index (χ2v) is 23.3. The molecular weight excluding hydrogens is 753 g/mol. The van der Waals surface area contributed by atoms with Gasteiger partial charge in [0.1, 0.15) is 0 Å². The standard InChI is InChI=1S/C58H48N2Si/c1-58(2)52-37-45(60-54-33-25-41(39-17-9-6-10-18-39)35-50(54)51-36-42(26-34-55(51)60)40-19-11-7-12-20-40)29-32-49(52)57-48-24-16-15-23-47(48)56(38-53(57)58)59(43-21-13-8-14-22-43)44-27-30-46(31-28-44)61(3,4)5/h6-38H,1-5H3. The van der Waals surface area contributed by atoms with Crippen molar-refractivity contribution in [3.8, 4) is 39.1 Å². The summed E-state index contributed by atoms with van der Waals surface area (Å²) in [6.45, 7) is 12.1. The first kappa shape index (κ1) is 37.1. The molecule has 1 aliphatic carbocycles. The van der Waals surface area contributed by atoms with Crippen molar-refractivity contribution in [3.05, 3.63) is 211 Å². The Balaban J connectivity index is 1.10. The molecular formula is C58H48N2Si. The van der Waals surface area contributed by atoms with E-state index >= 15 is 0 Å². The fourth-order valence-electron chi connectivity index (χ4n) is 9.91. The van der Waals surface area contributed by atoms with Gasteiger partial charge in [-0.1, -0.05) is 172 Å². The molecule has 0 spiro atoms. The second-order valence-electron chi connectivity index (χ2n) is 18.2. The molecule has 0 unspecified atom stereocenters. The molecule has 11 rings (SSSR count). The van der Waals surface area contributed by atoms with Crippen molar-refractivity contribution in [1.29, 1.82) is 0 Å². The molecule has 294 valence electrons. The highest BCUT2D eigenvalue weighted by atomic mass is 28.3. The van der Waals surface area contributed by atoms with Crippen LogP contribution in [0.4, 0.5) is 17.1 Å². The molecule has 10 aromatic rings. The van der Waals surface area contributed by atoms with E-state index in [9.17, 15) is 0 Å². The predicted molar refractivity (Wildman–Crippen MR) is 264 cm³/mol. The SMILES string of the molecule is CC1(C)c2cc(-n3c4ccc(-c5ccccc5)cc4c4cc(-c5ccccc5)ccc43)ccc2-c2c1cc(N(c1ccccc1)c1ccc([Si](C)(C)C)cc1)c1ccccc21. The van der Waals surface area contributed by atoms with Gasteiger partial charge in [-0.05, 0) is 117 Å². The van der Waals surface area contributed by atoms with Gasteiger partial charge in [0, 0.05) is 38.6 Å². The van der Waals surface area contributed by atoms with Crippen LogP contribution in [0.25, 0.3) is 71.6 Å². The first-order valence-electron chi connectivity index (χ1n) is 21.5. The first-order valence-corrected chi connectivity index (χ1v) is 25.0. The van der Waals surface area contributed by atoms with Gasteiger partial charge in [0.2, 0.25) is 0 Å². The van der Waals surface area contributed by atoms with Crippen LogP contribution in [0.3, 0.4) is 0 Å². The second kappa shape index (κ2) is 14.1. The van der Waals surface area contributed by atoms with Gasteiger partial charge in [-0.15, -0.1) is 0 Å². The van der Waals surface area contributed by atoms with Crippen LogP contribution in [0.5, 0.6) is 0 Å². The van der Waals surface area contributed by atoms with E-state index in [0.29, 0.717) is 0 Å². The minimum Gasteiger partial charge on any atom is -0.310 e. The zero-order valence-corrected chi connectivity index (χ0v) is 36.4. The highest BCUT2D eigenvalue weighted by Gasteiger charge is 2.38. The van der Waals surface area contributed by atoms with Gasteiger partial charge in [0.05, 0.1) is 24.8 Å². The zero-order valence-electron chi connectivity index (χ0n) is 35.4. The molecule has 1 aromatic heterocycles. The van der Waals surface area contributed by atoms with Crippen molar-refractivity contribution in [2.75, 3.05) is 4.90 Å². The Hall–Kier alpha value is -6.94. The van der Waals surface area contributed by atoms with Crippen LogP contribution in [-0.4, -0.2) is 12.6 Å². The number of para-hydroxylation sites is 1. The van der Waals surface area contributed by atoms with Gasteiger partial charge in [-0.3, -0.25) is 0 Å². The maximum absolute atomic E-state index is 2.49. The number of fused-ring (bicyclic) bond motifs is 8. The van der Waals surface area contributed by atoms with Gasteiger partial charge in [0.25, 0.3) is 0 Å². The van der Waals surface area contributed by atoms with E-state index < -0.39 is 8.07 Å². The summed E-state index contributed by atoms with van der Waals surface area (Å²) in [5.74, 6) is 0. The van der Waals surface area contributed by atoms with Crippen molar-refractivity contribution in [2.45, 2.75) is 38.9 Å². The van der Waals surface area contributed by atoms with Crippen LogP contribution >= 0.6 is 0 Å². The van der Waals surface area contributed by atoms with Gasteiger partial charge >= 0.3 is 0 Å². The minimum absolute atomic E-state index is 0.261. The van der Waals surface area contributed by atoms with Crippen LogP contribution in [0.2, 0.25) is 19.6 Å². The van der Waals surface area contributed by atoms with E-state index in [2.05, 4.69) is 243 Å². The molecule has 0 radical (unpaired) electrons. The Morgan fingerprint density at radius 3 is 1.52 bits per heavy atom. The average Bonchev–Trinajstić information content (AvgIpc) is 3.74. The average molecular weight is 801 g/mol. The normalized spacial score (nSPS) is 13.1. The van der Waals surface area contributed by atoms with E-state index in [4.69, 9.17) is 0 Å². The Labute approximate surface area is 360 Å². The molecule has 0 bridgehead atoms. The number of hydrogen-bond acceptors (Lipinski definition) is 1. The third kappa shape index (κ3) is 6.06. The fraction of sp³-hybridized carbons (Fsp3) is 0.103. The molecule has 1 heterocycles. The smallest absolute Gasteiger partial charge is 0.0775 e. The summed E-state index contributed by atoms with van der Waals surface area (Å²) in [4.78, 5) is 2.46. The highest BCUT2D eigenvalue weighted by molar-refractivity contribution is 6.88. The summed E-state index contributed by atoms with van der Waals surface area (Å²) in [7, 11) is -1.47. The van der Waals surface area contributed by atoms with Crippen LogP contribution in [-0.2, 0) is 5.41 Å². The van der Waals surface area contributed by atoms with Crippen LogP contribution < -0.4 is 10.1 Å². The van der Waals surface area contributed by atoms with Gasteiger partial charge in [-0.2, -0.15) is 0 Å². The molecule has 0 atom stereocenters. The molecule has 0 aliphatic heterocycles. The molecule has 1 aliphatic rings. The number of nitrogens with zero attached hydrogens (tertiary/aromatic N) is 2. The Morgan fingerprint density at radius 1 is 0.426 bits per heavy atom. The summed E-state index contributed by atoms with van der Waals surface area (Å²) < 4.78 is 2.48. The van der Waals surface area contributed by atoms with E-state index in [-0.39, 0.29) is 5.41 Å². The largest absolute Gasteiger partial charge is 0.310 e. The van der Waals surface area contributed by atoms with Crippen molar-refractivity contribution in [1.82, 2.24) is 4.57 Å². The lowest BCUT2D eigenvalue weighted by molar-refractivity contribution is 0.660. The van der Waals surface area contributed by atoms with Gasteiger partial charge in [0.15, 0.2) is 0 Å². The zero-order chi connectivity index (χ0) is 41.5. The van der Waals surface area contributed by atoms with Crippen LogP contribution in [0.1, 0.15) is 25.0 Å². The summed E-state index contributed by atoms with van der Waals surface area (Å²) in [6.07, 6.45) is 0. The van der Waals surface area contributed by atoms with Crippen LogP contribution in [0.15, 0.2) is 200 Å². The topological polar surface area (TPSA) is 8.17 Å². The maximum Gasteiger partial charge on any atom is 0.0775 e. The van der Waals surface area contributed by atoms with Crippen molar-refractivity contribution in [3.63, 3.8) is 0 Å². The van der Waals surface area contributed by atoms with E-state index in [1.807, 2.05) is 0 Å². The molecule has 0 amide bonds. The number of benzene rings is 9. The highest BCUT2D eigenvalue weighted by Crippen LogP contribution is 2.55. The summed E-state index contributed by atoms with van der Waals surface area (Å²) >= 11 is 0. The molecule has 0 saturated carbocycles. The summed E-state index contributed by atoms with van der Waals surface area (Å²) in [5.41, 5.74) is 17.1. The van der Waals surface area contributed by atoms with Crippen molar-refractivity contribution < 1.29 is 0 Å². The number of rotatable bonds is 7. The third-order valence-corrected chi connectivity index (χ3v) is 15.2. The minimum atomic E-state index is -1.47. The van der Waals surface area contributed by atoms with E-state index in [1.54, 1.807) is 0 Å². The monoisotopic (exact) mass is 800 g/mol. The Kier molecular flexibility index (Phi) is 8.56. The number of anilines is 3. The quantitative estimate of drug-likeness (QED) is 0.146. The third-order valence-electron chi connectivity index (χ3n) is 13.1. The Morgan fingerprint density at radius 2 is 0.951 bits per heavy atom.